The third-order valence-corrected chi connectivity index (χ3v) is 2.67. The molecule has 1 unspecified atom stereocenters. The van der Waals surface area contributed by atoms with Gasteiger partial charge in [-0.15, -0.1) is 0 Å². The Morgan fingerprint density at radius 3 is 2.94 bits per heavy atom. The van der Waals surface area contributed by atoms with Crippen LogP contribution >= 0.6 is 0 Å². The van der Waals surface area contributed by atoms with Gasteiger partial charge >= 0.3 is 0 Å². The molecule has 0 aromatic carbocycles. The predicted molar refractivity (Wildman–Crippen MR) is 61.9 cm³/mol. The van der Waals surface area contributed by atoms with Gasteiger partial charge in [0.25, 0.3) is 0 Å². The van der Waals surface area contributed by atoms with Crippen molar-refractivity contribution in [2.75, 3.05) is 32.0 Å². The number of ether oxygens (including phenoxy) is 1. The molecule has 1 saturated heterocycles. The number of aromatic nitrogens is 2. The van der Waals surface area contributed by atoms with Gasteiger partial charge in [0.05, 0.1) is 24.7 Å². The Labute approximate surface area is 95.6 Å². The van der Waals surface area contributed by atoms with E-state index in [9.17, 15) is 0 Å². The van der Waals surface area contributed by atoms with Crippen LogP contribution in [0.25, 0.3) is 0 Å². The predicted octanol–water partition coefficient (Wildman–Crippen LogP) is 0.842. The summed E-state index contributed by atoms with van der Waals surface area (Å²) < 4.78 is 5.67. The topological polar surface area (TPSA) is 64.3 Å². The number of nitrogen functional groups attached to an aromatic ring is 1. The van der Waals surface area contributed by atoms with Crippen molar-refractivity contribution in [2.24, 2.45) is 0 Å². The molecule has 16 heavy (non-hydrogen) atoms. The Morgan fingerprint density at radius 1 is 1.50 bits per heavy atom. The molecule has 2 rings (SSSR count). The second kappa shape index (κ2) is 5.23. The number of nitrogens with two attached hydrogens (primary N) is 1. The van der Waals surface area contributed by atoms with E-state index in [0.29, 0.717) is 5.69 Å². The molecule has 5 nitrogen and oxygen atoms in total. The van der Waals surface area contributed by atoms with Crippen LogP contribution in [0, 0.1) is 0 Å². The highest BCUT2D eigenvalue weighted by molar-refractivity contribution is 5.30. The molecule has 1 aliphatic heterocycles. The average molecular weight is 222 g/mol. The molecule has 0 radical (unpaired) electrons. The van der Waals surface area contributed by atoms with Crippen molar-refractivity contribution in [1.82, 2.24) is 14.9 Å². The maximum absolute atomic E-state index is 5.67. The molecule has 1 atom stereocenters. The lowest BCUT2D eigenvalue weighted by Crippen LogP contribution is -2.39. The zero-order valence-corrected chi connectivity index (χ0v) is 9.59. The molecule has 0 bridgehead atoms. The molecule has 2 heterocycles. The van der Waals surface area contributed by atoms with Gasteiger partial charge in [-0.25, -0.2) is 9.97 Å². The Morgan fingerprint density at radius 2 is 2.25 bits per heavy atom. The van der Waals surface area contributed by atoms with Crippen molar-refractivity contribution >= 4 is 5.69 Å². The lowest BCUT2D eigenvalue weighted by atomic mass is 10.2. The molecule has 0 aliphatic carbocycles. The Kier molecular flexibility index (Phi) is 3.69. The van der Waals surface area contributed by atoms with Crippen LogP contribution in [0.2, 0.25) is 0 Å². The largest absolute Gasteiger partial charge is 0.396 e. The van der Waals surface area contributed by atoms with Crippen molar-refractivity contribution in [1.29, 1.82) is 0 Å². The Bertz CT molecular complexity index is 325. The fourth-order valence-corrected chi connectivity index (χ4v) is 1.89. The highest BCUT2D eigenvalue weighted by atomic mass is 16.5. The summed E-state index contributed by atoms with van der Waals surface area (Å²) in [5.74, 6) is 0.731. The molecule has 1 aliphatic rings. The van der Waals surface area contributed by atoms with Crippen molar-refractivity contribution in [3.05, 3.63) is 18.2 Å². The van der Waals surface area contributed by atoms with Crippen LogP contribution in [0.3, 0.4) is 0 Å². The summed E-state index contributed by atoms with van der Waals surface area (Å²) in [5, 5.41) is 0. The van der Waals surface area contributed by atoms with E-state index in [1.54, 1.807) is 12.4 Å². The first-order valence-corrected chi connectivity index (χ1v) is 5.71. The van der Waals surface area contributed by atoms with E-state index >= 15 is 0 Å². The molecular weight excluding hydrogens is 204 g/mol. The normalized spacial score (nSPS) is 22.2. The van der Waals surface area contributed by atoms with E-state index < -0.39 is 0 Å². The summed E-state index contributed by atoms with van der Waals surface area (Å²) in [4.78, 5) is 10.8. The fourth-order valence-electron chi connectivity index (χ4n) is 1.89. The highest BCUT2D eigenvalue weighted by Gasteiger charge is 2.23. The average Bonchev–Trinajstić information content (AvgIpc) is 2.31. The highest BCUT2D eigenvalue weighted by Crippen LogP contribution is 2.19. The summed E-state index contributed by atoms with van der Waals surface area (Å²) in [6.07, 6.45) is 4.41. The van der Waals surface area contributed by atoms with Gasteiger partial charge in [0.2, 0.25) is 0 Å². The van der Waals surface area contributed by atoms with Gasteiger partial charge in [-0.1, -0.05) is 6.92 Å². The Balaban J connectivity index is 2.01. The van der Waals surface area contributed by atoms with Gasteiger partial charge in [0.1, 0.15) is 6.10 Å². The quantitative estimate of drug-likeness (QED) is 0.821. The van der Waals surface area contributed by atoms with Gasteiger partial charge in [-0.3, -0.25) is 4.90 Å². The van der Waals surface area contributed by atoms with Crippen LogP contribution in [0.5, 0.6) is 0 Å². The molecule has 1 aromatic heterocycles. The first kappa shape index (κ1) is 11.3. The number of hydrogen-bond acceptors (Lipinski definition) is 5. The van der Waals surface area contributed by atoms with E-state index in [-0.39, 0.29) is 6.10 Å². The van der Waals surface area contributed by atoms with Gasteiger partial charge < -0.3 is 10.5 Å². The third-order valence-electron chi connectivity index (χ3n) is 2.67. The zero-order valence-electron chi connectivity index (χ0n) is 9.59. The molecule has 0 amide bonds. The molecule has 1 aromatic rings. The van der Waals surface area contributed by atoms with Gasteiger partial charge in [-0.05, 0) is 13.0 Å². The monoisotopic (exact) mass is 222 g/mol. The molecule has 5 heteroatoms. The summed E-state index contributed by atoms with van der Waals surface area (Å²) in [5.41, 5.74) is 6.14. The third kappa shape index (κ3) is 2.68. The maximum Gasteiger partial charge on any atom is 0.158 e. The van der Waals surface area contributed by atoms with Crippen LogP contribution in [0.15, 0.2) is 12.4 Å². The van der Waals surface area contributed by atoms with E-state index in [4.69, 9.17) is 10.5 Å². The number of anilines is 1. The van der Waals surface area contributed by atoms with E-state index in [0.717, 1.165) is 38.5 Å². The number of nitrogens with zero attached hydrogens (tertiary/aromatic N) is 3. The second-order valence-corrected chi connectivity index (χ2v) is 4.03. The first-order valence-electron chi connectivity index (χ1n) is 5.71. The smallest absolute Gasteiger partial charge is 0.158 e. The number of rotatable bonds is 3. The van der Waals surface area contributed by atoms with Crippen LogP contribution in [-0.4, -0.2) is 41.1 Å². The van der Waals surface area contributed by atoms with Crippen LogP contribution in [0.1, 0.15) is 25.3 Å². The minimum absolute atomic E-state index is 0.0131. The number of morpholine rings is 1. The van der Waals surface area contributed by atoms with Crippen molar-refractivity contribution in [2.45, 2.75) is 19.4 Å². The van der Waals surface area contributed by atoms with Crippen LogP contribution in [0.4, 0.5) is 5.69 Å². The van der Waals surface area contributed by atoms with Crippen molar-refractivity contribution in [3.63, 3.8) is 0 Å². The molecule has 0 spiro atoms. The summed E-state index contributed by atoms with van der Waals surface area (Å²) in [6, 6.07) is 0. The zero-order chi connectivity index (χ0) is 11.4. The summed E-state index contributed by atoms with van der Waals surface area (Å²) in [7, 11) is 0. The van der Waals surface area contributed by atoms with E-state index in [1.165, 1.54) is 0 Å². The molecule has 1 fully saturated rings. The molecule has 88 valence electrons. The summed E-state index contributed by atoms with van der Waals surface area (Å²) in [6.45, 7) is 5.91. The van der Waals surface area contributed by atoms with Crippen molar-refractivity contribution < 1.29 is 4.74 Å². The minimum Gasteiger partial charge on any atom is -0.396 e. The lowest BCUT2D eigenvalue weighted by Gasteiger charge is -2.31. The molecule has 2 N–H and O–H groups in total. The SMILES string of the molecule is CCCN1CCOC(c2ncc(N)cn2)C1. The van der Waals surface area contributed by atoms with Gasteiger partial charge in [0, 0.05) is 13.1 Å². The minimum atomic E-state index is -0.0131. The Hall–Kier alpha value is -1.20. The fraction of sp³-hybridized carbons (Fsp3) is 0.636. The first-order chi connectivity index (χ1) is 7.79. The van der Waals surface area contributed by atoms with Crippen LogP contribution in [-0.2, 0) is 4.74 Å². The lowest BCUT2D eigenvalue weighted by molar-refractivity contribution is -0.0342. The summed E-state index contributed by atoms with van der Waals surface area (Å²) >= 11 is 0. The number of hydrogen-bond donors (Lipinski definition) is 1. The van der Waals surface area contributed by atoms with Gasteiger partial charge in [0.15, 0.2) is 5.82 Å². The van der Waals surface area contributed by atoms with E-state index in [1.807, 2.05) is 0 Å². The van der Waals surface area contributed by atoms with E-state index in [2.05, 4.69) is 21.8 Å². The molecule has 0 saturated carbocycles. The van der Waals surface area contributed by atoms with Crippen LogP contribution < -0.4 is 5.73 Å². The van der Waals surface area contributed by atoms with Gasteiger partial charge in [-0.2, -0.15) is 0 Å². The second-order valence-electron chi connectivity index (χ2n) is 4.03. The van der Waals surface area contributed by atoms with Crippen molar-refractivity contribution in [3.8, 4) is 0 Å². The maximum atomic E-state index is 5.67. The standard InChI is InChI=1S/C11H18N4O/c1-2-3-15-4-5-16-10(8-15)11-13-6-9(12)7-14-11/h6-7,10H,2-5,8,12H2,1H3. The molecular formula is C11H18N4O.